The number of rotatable bonds is 3. The first-order valence-corrected chi connectivity index (χ1v) is 12.4. The van der Waals surface area contributed by atoms with Gasteiger partial charge in [0.15, 0.2) is 0 Å². The van der Waals surface area contributed by atoms with Gasteiger partial charge in [-0.1, -0.05) is 45.0 Å². The van der Waals surface area contributed by atoms with Crippen LogP contribution in [0.2, 0.25) is 0 Å². The third kappa shape index (κ3) is 2.90. The van der Waals surface area contributed by atoms with Gasteiger partial charge in [-0.2, -0.15) is 0 Å². The van der Waals surface area contributed by atoms with E-state index in [1.807, 2.05) is 0 Å². The van der Waals surface area contributed by atoms with E-state index in [0.29, 0.717) is 28.2 Å². The minimum Gasteiger partial charge on any atom is -0.507 e. The van der Waals surface area contributed by atoms with E-state index in [0.717, 1.165) is 22.3 Å². The fourth-order valence-electron chi connectivity index (χ4n) is 8.98. The highest BCUT2D eigenvalue weighted by Crippen LogP contribution is 2.75. The van der Waals surface area contributed by atoms with Crippen molar-refractivity contribution >= 4 is 0 Å². The van der Waals surface area contributed by atoms with Crippen LogP contribution in [0.3, 0.4) is 0 Å². The molecule has 2 atom stereocenters. The number of benzene rings is 2. The predicted octanol–water partition coefficient (Wildman–Crippen LogP) is 7.54. The number of aryl methyl sites for hydroxylation is 4. The van der Waals surface area contributed by atoms with Crippen molar-refractivity contribution in [1.29, 1.82) is 0 Å². The topological polar surface area (TPSA) is 40.5 Å². The lowest BCUT2D eigenvalue weighted by Gasteiger charge is -2.72. The Balaban J connectivity index is 1.75. The molecule has 0 radical (unpaired) electrons. The van der Waals surface area contributed by atoms with Crippen molar-refractivity contribution in [3.8, 4) is 11.5 Å². The van der Waals surface area contributed by atoms with Crippen molar-refractivity contribution in [2.24, 2.45) is 16.7 Å². The molecule has 0 saturated heterocycles. The van der Waals surface area contributed by atoms with Gasteiger partial charge in [-0.05, 0) is 127 Å². The molecule has 2 aromatic rings. The molecule has 2 heteroatoms. The summed E-state index contributed by atoms with van der Waals surface area (Å²) in [5, 5.41) is 21.0. The third-order valence-electron chi connectivity index (χ3n) is 9.80. The van der Waals surface area contributed by atoms with Crippen LogP contribution < -0.4 is 0 Å². The first-order valence-electron chi connectivity index (χ1n) is 12.4. The fourth-order valence-corrected chi connectivity index (χ4v) is 8.98. The van der Waals surface area contributed by atoms with Crippen molar-refractivity contribution in [3.05, 3.63) is 57.6 Å². The molecule has 0 spiro atoms. The first kappa shape index (κ1) is 21.9. The molecule has 32 heavy (non-hydrogen) atoms. The van der Waals surface area contributed by atoms with Crippen LogP contribution in [0.15, 0.2) is 24.3 Å². The van der Waals surface area contributed by atoms with E-state index in [1.165, 1.54) is 49.7 Å². The van der Waals surface area contributed by atoms with Gasteiger partial charge in [0, 0.05) is 0 Å². The van der Waals surface area contributed by atoms with Crippen LogP contribution in [-0.4, -0.2) is 10.2 Å². The SMILES string of the molecule is Cc1cc(C23CC4(C)CC(c5cc(C)c(O)c(C)c5)(C2)CC(C(C)C)(C4)C3)cc(C)c1O. The number of hydrogen-bond acceptors (Lipinski definition) is 2. The van der Waals surface area contributed by atoms with E-state index >= 15 is 0 Å². The van der Waals surface area contributed by atoms with Crippen LogP contribution in [0, 0.1) is 44.4 Å². The van der Waals surface area contributed by atoms with Gasteiger partial charge in [-0.3, -0.25) is 0 Å². The zero-order chi connectivity index (χ0) is 23.3. The lowest BCUT2D eigenvalue weighted by molar-refractivity contribution is -0.153. The second-order valence-electron chi connectivity index (χ2n) is 12.9. The second kappa shape index (κ2) is 6.55. The lowest BCUT2D eigenvalue weighted by atomic mass is 9.32. The highest BCUT2D eigenvalue weighted by atomic mass is 16.3. The Bertz CT molecular complexity index is 988. The number of hydrogen-bond donors (Lipinski definition) is 2. The maximum absolute atomic E-state index is 10.5. The second-order valence-corrected chi connectivity index (χ2v) is 12.9. The molecule has 2 aromatic carbocycles. The molecule has 2 nitrogen and oxygen atoms in total. The van der Waals surface area contributed by atoms with Gasteiger partial charge >= 0.3 is 0 Å². The van der Waals surface area contributed by atoms with Gasteiger partial charge < -0.3 is 10.2 Å². The molecule has 4 saturated carbocycles. The smallest absolute Gasteiger partial charge is 0.121 e. The summed E-state index contributed by atoms with van der Waals surface area (Å²) in [5.41, 5.74) is 7.85. The van der Waals surface area contributed by atoms with Gasteiger partial charge in [0.05, 0.1) is 0 Å². The number of phenolic OH excluding ortho intramolecular Hbond substituents is 2. The Morgan fingerprint density at radius 1 is 0.625 bits per heavy atom. The van der Waals surface area contributed by atoms with Crippen LogP contribution >= 0.6 is 0 Å². The van der Waals surface area contributed by atoms with Crippen LogP contribution in [0.25, 0.3) is 0 Å². The van der Waals surface area contributed by atoms with Crippen LogP contribution in [0.4, 0.5) is 0 Å². The maximum Gasteiger partial charge on any atom is 0.121 e. The highest BCUT2D eigenvalue weighted by molar-refractivity contribution is 5.50. The maximum atomic E-state index is 10.5. The average Bonchev–Trinajstić information content (AvgIpc) is 2.67. The Labute approximate surface area is 194 Å². The van der Waals surface area contributed by atoms with Crippen molar-refractivity contribution in [3.63, 3.8) is 0 Å². The van der Waals surface area contributed by atoms with E-state index in [2.05, 4.69) is 72.7 Å². The van der Waals surface area contributed by atoms with Crippen LogP contribution in [0.5, 0.6) is 11.5 Å². The summed E-state index contributed by atoms with van der Waals surface area (Å²) >= 11 is 0. The van der Waals surface area contributed by atoms with Crippen molar-refractivity contribution in [2.45, 2.75) is 97.8 Å². The van der Waals surface area contributed by atoms with Gasteiger partial charge in [-0.25, -0.2) is 0 Å². The molecule has 4 fully saturated rings. The molecule has 0 aliphatic heterocycles. The largest absolute Gasteiger partial charge is 0.507 e. The molecule has 6 rings (SSSR count). The van der Waals surface area contributed by atoms with Crippen molar-refractivity contribution in [2.75, 3.05) is 0 Å². The van der Waals surface area contributed by atoms with Crippen LogP contribution in [-0.2, 0) is 10.8 Å². The Morgan fingerprint density at radius 2 is 1.00 bits per heavy atom. The predicted molar refractivity (Wildman–Crippen MR) is 132 cm³/mol. The normalized spacial score (nSPS) is 35.6. The zero-order valence-electron chi connectivity index (χ0n) is 21.0. The highest BCUT2D eigenvalue weighted by Gasteiger charge is 2.68. The summed E-state index contributed by atoms with van der Waals surface area (Å²) in [6.07, 6.45) is 7.51. The first-order chi connectivity index (χ1) is 14.8. The van der Waals surface area contributed by atoms with Crippen molar-refractivity contribution in [1.82, 2.24) is 0 Å². The van der Waals surface area contributed by atoms with Crippen LogP contribution in [0.1, 0.15) is 92.7 Å². The molecule has 0 heterocycles. The van der Waals surface area contributed by atoms with E-state index in [4.69, 9.17) is 0 Å². The summed E-state index contributed by atoms with van der Waals surface area (Å²) in [7, 11) is 0. The lowest BCUT2D eigenvalue weighted by Crippen LogP contribution is -2.64. The summed E-state index contributed by atoms with van der Waals surface area (Å²) in [5.74, 6) is 1.53. The summed E-state index contributed by atoms with van der Waals surface area (Å²) in [6.45, 7) is 15.6. The molecule has 0 amide bonds. The average molecular weight is 433 g/mol. The Hall–Kier alpha value is -1.96. The Kier molecular flexibility index (Phi) is 4.48. The molecule has 2 N–H and O–H groups in total. The van der Waals surface area contributed by atoms with Gasteiger partial charge in [0.25, 0.3) is 0 Å². The molecule has 4 aliphatic carbocycles. The minimum atomic E-state index is 0.149. The number of aromatic hydroxyl groups is 2. The van der Waals surface area contributed by atoms with Crippen molar-refractivity contribution < 1.29 is 10.2 Å². The van der Waals surface area contributed by atoms with E-state index in [9.17, 15) is 10.2 Å². The zero-order valence-corrected chi connectivity index (χ0v) is 21.0. The summed E-state index contributed by atoms with van der Waals surface area (Å²) < 4.78 is 0. The molecule has 0 aromatic heterocycles. The quantitative estimate of drug-likeness (QED) is 0.526. The van der Waals surface area contributed by atoms with Gasteiger partial charge in [0.1, 0.15) is 11.5 Å². The van der Waals surface area contributed by atoms with E-state index in [1.54, 1.807) is 0 Å². The molecular weight excluding hydrogens is 392 g/mol. The minimum absolute atomic E-state index is 0.149. The molecule has 172 valence electrons. The summed E-state index contributed by atoms with van der Waals surface area (Å²) in [4.78, 5) is 0. The fraction of sp³-hybridized carbons (Fsp3) is 0.600. The Morgan fingerprint density at radius 3 is 1.34 bits per heavy atom. The molecule has 2 unspecified atom stereocenters. The van der Waals surface area contributed by atoms with Gasteiger partial charge in [0.2, 0.25) is 0 Å². The standard InChI is InChI=1S/C30H40O2/c1-18(2)28-12-27(7)13-29(15-28,23-8-19(3)25(31)20(4)9-23)17-30(14-27,16-28)24-10-21(5)26(32)22(6)11-24/h8-11,18,31-32H,12-17H2,1-7H3. The monoisotopic (exact) mass is 432 g/mol. The summed E-state index contributed by atoms with van der Waals surface area (Å²) in [6, 6.07) is 9.14. The van der Waals surface area contributed by atoms with Gasteiger partial charge in [-0.15, -0.1) is 0 Å². The number of phenols is 2. The van der Waals surface area contributed by atoms with E-state index in [-0.39, 0.29) is 10.8 Å². The molecular formula is C30H40O2. The van der Waals surface area contributed by atoms with E-state index < -0.39 is 0 Å². The molecule has 4 bridgehead atoms. The third-order valence-corrected chi connectivity index (χ3v) is 9.80. The molecule has 4 aliphatic rings.